The molecule has 0 unspecified atom stereocenters. The number of benzene rings is 1. The van der Waals surface area contributed by atoms with Gasteiger partial charge in [0.05, 0.1) is 12.1 Å². The number of carbonyl (C=O) groups excluding carboxylic acids is 1. The molecule has 0 radical (unpaired) electrons. The second kappa shape index (κ2) is 7.41. The Balaban J connectivity index is 2.67. The highest BCUT2D eigenvalue weighted by Crippen LogP contribution is 2.10. The lowest BCUT2D eigenvalue weighted by Crippen LogP contribution is -2.45. The summed E-state index contributed by atoms with van der Waals surface area (Å²) < 4.78 is 0. The van der Waals surface area contributed by atoms with Crippen molar-refractivity contribution in [2.75, 3.05) is 13.1 Å². The number of amides is 1. The molecule has 0 saturated carbocycles. The van der Waals surface area contributed by atoms with Gasteiger partial charge in [-0.05, 0) is 33.3 Å². The van der Waals surface area contributed by atoms with Gasteiger partial charge in [0.2, 0.25) is 5.91 Å². The SMILES string of the molecule is CC(C)NC(=O)CN(Cc1ccccc1)CC(C)(C)O. The van der Waals surface area contributed by atoms with E-state index in [0.717, 1.165) is 5.56 Å². The van der Waals surface area contributed by atoms with Crippen LogP contribution in [0.2, 0.25) is 0 Å². The molecule has 0 bridgehead atoms. The summed E-state index contributed by atoms with van der Waals surface area (Å²) in [5.41, 5.74) is 0.307. The van der Waals surface area contributed by atoms with E-state index in [1.165, 1.54) is 0 Å². The first-order valence-electron chi connectivity index (χ1n) is 7.04. The van der Waals surface area contributed by atoms with E-state index in [-0.39, 0.29) is 18.5 Å². The molecule has 20 heavy (non-hydrogen) atoms. The van der Waals surface area contributed by atoms with Crippen LogP contribution in [-0.2, 0) is 11.3 Å². The molecular formula is C16H26N2O2. The van der Waals surface area contributed by atoms with Crippen molar-refractivity contribution in [1.82, 2.24) is 10.2 Å². The highest BCUT2D eigenvalue weighted by molar-refractivity contribution is 5.78. The summed E-state index contributed by atoms with van der Waals surface area (Å²) in [5.74, 6) is -0.0137. The van der Waals surface area contributed by atoms with Crippen LogP contribution < -0.4 is 5.32 Å². The quantitative estimate of drug-likeness (QED) is 0.799. The summed E-state index contributed by atoms with van der Waals surface area (Å²) in [6.07, 6.45) is 0. The Morgan fingerprint density at radius 3 is 2.40 bits per heavy atom. The van der Waals surface area contributed by atoms with Crippen LogP contribution in [0.5, 0.6) is 0 Å². The van der Waals surface area contributed by atoms with Gasteiger partial charge in [-0.25, -0.2) is 0 Å². The van der Waals surface area contributed by atoms with Crippen molar-refractivity contribution in [2.45, 2.75) is 45.9 Å². The van der Waals surface area contributed by atoms with Gasteiger partial charge in [0, 0.05) is 19.1 Å². The summed E-state index contributed by atoms with van der Waals surface area (Å²) in [6.45, 7) is 8.78. The third-order valence-corrected chi connectivity index (χ3v) is 2.68. The zero-order valence-electron chi connectivity index (χ0n) is 12.9. The average molecular weight is 278 g/mol. The van der Waals surface area contributed by atoms with Gasteiger partial charge < -0.3 is 10.4 Å². The maximum absolute atomic E-state index is 11.9. The Morgan fingerprint density at radius 1 is 1.30 bits per heavy atom. The van der Waals surface area contributed by atoms with Crippen LogP contribution in [0.3, 0.4) is 0 Å². The first kappa shape index (κ1) is 16.7. The van der Waals surface area contributed by atoms with Crippen LogP contribution in [0.15, 0.2) is 30.3 Å². The van der Waals surface area contributed by atoms with Crippen LogP contribution in [0.1, 0.15) is 33.3 Å². The van der Waals surface area contributed by atoms with Gasteiger partial charge in [-0.3, -0.25) is 9.69 Å². The van der Waals surface area contributed by atoms with Gasteiger partial charge in [0.25, 0.3) is 0 Å². The second-order valence-corrected chi connectivity index (χ2v) is 6.17. The van der Waals surface area contributed by atoms with E-state index < -0.39 is 5.60 Å². The van der Waals surface area contributed by atoms with Crippen LogP contribution in [0.25, 0.3) is 0 Å². The highest BCUT2D eigenvalue weighted by atomic mass is 16.3. The molecule has 1 amide bonds. The fraction of sp³-hybridized carbons (Fsp3) is 0.562. The molecule has 0 aliphatic carbocycles. The number of aliphatic hydroxyl groups is 1. The van der Waals surface area contributed by atoms with Crippen molar-refractivity contribution < 1.29 is 9.90 Å². The fourth-order valence-corrected chi connectivity index (χ4v) is 2.13. The molecular weight excluding hydrogens is 252 g/mol. The molecule has 0 heterocycles. The predicted molar refractivity (Wildman–Crippen MR) is 81.3 cm³/mol. The first-order valence-corrected chi connectivity index (χ1v) is 7.04. The molecule has 0 aliphatic rings. The third-order valence-electron chi connectivity index (χ3n) is 2.68. The number of carbonyl (C=O) groups is 1. The number of hydrogen-bond donors (Lipinski definition) is 2. The van der Waals surface area contributed by atoms with E-state index in [1.54, 1.807) is 13.8 Å². The standard InChI is InChI=1S/C16H26N2O2/c1-13(2)17-15(19)11-18(12-16(3,4)20)10-14-8-6-5-7-9-14/h5-9,13,20H,10-12H2,1-4H3,(H,17,19). The summed E-state index contributed by atoms with van der Waals surface area (Å²) in [6, 6.07) is 10.1. The minimum atomic E-state index is -0.826. The Hall–Kier alpha value is -1.39. The van der Waals surface area contributed by atoms with E-state index in [9.17, 15) is 9.90 Å². The monoisotopic (exact) mass is 278 g/mol. The maximum Gasteiger partial charge on any atom is 0.234 e. The number of hydrogen-bond acceptors (Lipinski definition) is 3. The van der Waals surface area contributed by atoms with Gasteiger partial charge in [0.1, 0.15) is 0 Å². The van der Waals surface area contributed by atoms with Crippen molar-refractivity contribution in [3.8, 4) is 0 Å². The van der Waals surface area contributed by atoms with E-state index in [2.05, 4.69) is 5.32 Å². The van der Waals surface area contributed by atoms with E-state index in [0.29, 0.717) is 13.1 Å². The molecule has 0 fully saturated rings. The Kier molecular flexibility index (Phi) is 6.17. The van der Waals surface area contributed by atoms with Crippen LogP contribution in [-0.4, -0.2) is 40.6 Å². The molecule has 4 heteroatoms. The highest BCUT2D eigenvalue weighted by Gasteiger charge is 2.20. The molecule has 0 spiro atoms. The maximum atomic E-state index is 11.9. The molecule has 1 aromatic carbocycles. The first-order chi connectivity index (χ1) is 9.26. The van der Waals surface area contributed by atoms with Gasteiger partial charge in [-0.1, -0.05) is 30.3 Å². The summed E-state index contributed by atoms with van der Waals surface area (Å²) >= 11 is 0. The van der Waals surface area contributed by atoms with E-state index in [4.69, 9.17) is 0 Å². The van der Waals surface area contributed by atoms with Gasteiger partial charge in [-0.15, -0.1) is 0 Å². The average Bonchev–Trinajstić information content (AvgIpc) is 2.26. The topological polar surface area (TPSA) is 52.6 Å². The molecule has 0 saturated heterocycles. The van der Waals surface area contributed by atoms with Gasteiger partial charge >= 0.3 is 0 Å². The minimum Gasteiger partial charge on any atom is -0.389 e. The lowest BCUT2D eigenvalue weighted by molar-refractivity contribution is -0.123. The zero-order valence-corrected chi connectivity index (χ0v) is 12.9. The zero-order chi connectivity index (χ0) is 15.2. The van der Waals surface area contributed by atoms with Crippen molar-refractivity contribution in [1.29, 1.82) is 0 Å². The summed E-state index contributed by atoms with van der Waals surface area (Å²) in [7, 11) is 0. The van der Waals surface area contributed by atoms with Gasteiger partial charge in [0.15, 0.2) is 0 Å². The molecule has 112 valence electrons. The smallest absolute Gasteiger partial charge is 0.234 e. The molecule has 0 aromatic heterocycles. The van der Waals surface area contributed by atoms with E-state index in [1.807, 2.05) is 49.1 Å². The van der Waals surface area contributed by atoms with Gasteiger partial charge in [-0.2, -0.15) is 0 Å². The molecule has 0 aliphatic heterocycles. The number of rotatable bonds is 7. The molecule has 1 aromatic rings. The Morgan fingerprint density at radius 2 is 1.90 bits per heavy atom. The number of nitrogens with zero attached hydrogens (tertiary/aromatic N) is 1. The van der Waals surface area contributed by atoms with Crippen LogP contribution in [0.4, 0.5) is 0 Å². The summed E-state index contributed by atoms with van der Waals surface area (Å²) in [4.78, 5) is 13.9. The number of nitrogens with one attached hydrogen (secondary N) is 1. The molecule has 2 N–H and O–H groups in total. The third kappa shape index (κ3) is 7.26. The van der Waals surface area contributed by atoms with Crippen LogP contribution in [0, 0.1) is 0 Å². The second-order valence-electron chi connectivity index (χ2n) is 6.17. The molecule has 0 atom stereocenters. The summed E-state index contributed by atoms with van der Waals surface area (Å²) in [5, 5.41) is 12.9. The normalized spacial score (nSPS) is 11.9. The van der Waals surface area contributed by atoms with Crippen molar-refractivity contribution in [2.24, 2.45) is 0 Å². The fourth-order valence-electron chi connectivity index (χ4n) is 2.13. The van der Waals surface area contributed by atoms with Crippen molar-refractivity contribution >= 4 is 5.91 Å². The predicted octanol–water partition coefficient (Wildman–Crippen LogP) is 1.78. The van der Waals surface area contributed by atoms with Crippen LogP contribution >= 0.6 is 0 Å². The molecule has 1 rings (SSSR count). The largest absolute Gasteiger partial charge is 0.389 e. The van der Waals surface area contributed by atoms with Crippen molar-refractivity contribution in [3.05, 3.63) is 35.9 Å². The molecule has 4 nitrogen and oxygen atoms in total. The lowest BCUT2D eigenvalue weighted by atomic mass is 10.1. The minimum absolute atomic E-state index is 0.0137. The Labute approximate surface area is 121 Å². The van der Waals surface area contributed by atoms with E-state index >= 15 is 0 Å². The van der Waals surface area contributed by atoms with Crippen molar-refractivity contribution in [3.63, 3.8) is 0 Å². The Bertz CT molecular complexity index is 410. The lowest BCUT2D eigenvalue weighted by Gasteiger charge is -2.28.